The molecule has 0 unspecified atom stereocenters. The van der Waals surface area contributed by atoms with E-state index in [0.717, 1.165) is 16.8 Å². The molecule has 22 heavy (non-hydrogen) atoms. The molecule has 0 saturated heterocycles. The van der Waals surface area contributed by atoms with E-state index in [9.17, 15) is 15.2 Å². The van der Waals surface area contributed by atoms with Crippen molar-refractivity contribution in [2.45, 2.75) is 13.8 Å². The number of ether oxygens (including phenoxy) is 1. The third-order valence-electron chi connectivity index (χ3n) is 3.42. The van der Waals surface area contributed by atoms with E-state index in [0.29, 0.717) is 5.56 Å². The van der Waals surface area contributed by atoms with Crippen molar-refractivity contribution in [3.63, 3.8) is 0 Å². The van der Waals surface area contributed by atoms with Crippen molar-refractivity contribution in [3.8, 4) is 11.5 Å². The highest BCUT2D eigenvalue weighted by Gasteiger charge is 2.19. The Kier molecular flexibility index (Phi) is 4.41. The number of rotatable bonds is 4. The van der Waals surface area contributed by atoms with Gasteiger partial charge in [-0.3, -0.25) is 15.1 Å². The van der Waals surface area contributed by atoms with Gasteiger partial charge in [-0.05, 0) is 37.1 Å². The van der Waals surface area contributed by atoms with Crippen molar-refractivity contribution in [1.82, 2.24) is 0 Å². The lowest BCUT2D eigenvalue weighted by atomic mass is 10.1. The van der Waals surface area contributed by atoms with Crippen molar-refractivity contribution in [2.75, 3.05) is 7.11 Å². The Morgan fingerprint density at radius 1 is 1.32 bits per heavy atom. The second-order valence-corrected chi connectivity index (χ2v) is 4.83. The molecule has 0 heterocycles. The normalized spacial score (nSPS) is 10.9. The number of benzene rings is 2. The molecule has 2 aromatic rings. The topological polar surface area (TPSA) is 85.0 Å². The zero-order chi connectivity index (χ0) is 16.3. The second-order valence-electron chi connectivity index (χ2n) is 4.83. The van der Waals surface area contributed by atoms with Gasteiger partial charge < -0.3 is 9.84 Å². The van der Waals surface area contributed by atoms with Gasteiger partial charge in [0.15, 0.2) is 5.75 Å². The lowest BCUT2D eigenvalue weighted by Gasteiger charge is -2.06. The van der Waals surface area contributed by atoms with Crippen molar-refractivity contribution in [3.05, 3.63) is 57.1 Å². The molecule has 114 valence electrons. The third kappa shape index (κ3) is 3.06. The fraction of sp³-hybridized carbons (Fsp3) is 0.188. The highest BCUT2D eigenvalue weighted by molar-refractivity contribution is 5.85. The molecule has 0 aliphatic rings. The first-order chi connectivity index (χ1) is 10.4. The number of nitro benzene ring substituents is 1. The number of hydrogen-bond acceptors (Lipinski definition) is 5. The quantitative estimate of drug-likeness (QED) is 0.530. The molecule has 0 bridgehead atoms. The van der Waals surface area contributed by atoms with Gasteiger partial charge in [0.25, 0.3) is 0 Å². The molecule has 6 nitrogen and oxygen atoms in total. The largest absolute Gasteiger partial charge is 0.500 e. The Bertz CT molecular complexity index is 754. The monoisotopic (exact) mass is 300 g/mol. The minimum atomic E-state index is -0.660. The maximum atomic E-state index is 11.0. The predicted octanol–water partition coefficient (Wildman–Crippen LogP) is 3.68. The summed E-state index contributed by atoms with van der Waals surface area (Å²) < 4.78 is 4.96. The summed E-state index contributed by atoms with van der Waals surface area (Å²) in [4.78, 5) is 14.7. The van der Waals surface area contributed by atoms with Crippen LogP contribution in [0.25, 0.3) is 0 Å². The molecule has 0 aliphatic carbocycles. The Morgan fingerprint density at radius 3 is 2.68 bits per heavy atom. The summed E-state index contributed by atoms with van der Waals surface area (Å²) in [6.45, 7) is 3.95. The van der Waals surface area contributed by atoms with Crippen molar-refractivity contribution in [1.29, 1.82) is 0 Å². The predicted molar refractivity (Wildman–Crippen MR) is 84.5 cm³/mol. The zero-order valence-electron chi connectivity index (χ0n) is 12.5. The van der Waals surface area contributed by atoms with Crippen molar-refractivity contribution in [2.24, 2.45) is 4.99 Å². The fourth-order valence-corrected chi connectivity index (χ4v) is 2.00. The first-order valence-corrected chi connectivity index (χ1v) is 6.59. The van der Waals surface area contributed by atoms with Gasteiger partial charge in [-0.15, -0.1) is 0 Å². The third-order valence-corrected chi connectivity index (χ3v) is 3.42. The van der Waals surface area contributed by atoms with Gasteiger partial charge >= 0.3 is 5.69 Å². The van der Waals surface area contributed by atoms with E-state index in [-0.39, 0.29) is 5.75 Å². The molecule has 0 saturated carbocycles. The van der Waals surface area contributed by atoms with Gasteiger partial charge in [-0.25, -0.2) is 0 Å². The van der Waals surface area contributed by atoms with Gasteiger partial charge in [0.05, 0.1) is 17.7 Å². The Morgan fingerprint density at radius 2 is 2.05 bits per heavy atom. The summed E-state index contributed by atoms with van der Waals surface area (Å²) in [6, 6.07) is 8.51. The van der Waals surface area contributed by atoms with Crippen LogP contribution in [-0.2, 0) is 0 Å². The van der Waals surface area contributed by atoms with Crippen LogP contribution in [0.15, 0.2) is 35.3 Å². The molecule has 2 aromatic carbocycles. The van der Waals surface area contributed by atoms with Crippen LogP contribution < -0.4 is 4.74 Å². The minimum absolute atomic E-state index is 0.0385. The van der Waals surface area contributed by atoms with Gasteiger partial charge in [-0.1, -0.05) is 12.1 Å². The average molecular weight is 300 g/mol. The number of phenolic OH excluding ortho intramolecular Hbond substituents is 1. The molecule has 0 fully saturated rings. The molecule has 0 atom stereocenters. The van der Waals surface area contributed by atoms with Crippen molar-refractivity contribution < 1.29 is 14.8 Å². The van der Waals surface area contributed by atoms with Crippen LogP contribution in [0.5, 0.6) is 11.5 Å². The van der Waals surface area contributed by atoms with Crippen LogP contribution >= 0.6 is 0 Å². The van der Waals surface area contributed by atoms with Gasteiger partial charge in [-0.2, -0.15) is 0 Å². The van der Waals surface area contributed by atoms with Crippen LogP contribution in [-0.4, -0.2) is 23.4 Å². The Hall–Kier alpha value is -2.89. The second kappa shape index (κ2) is 6.26. The molecular formula is C16H16N2O4. The molecule has 2 rings (SSSR count). The highest BCUT2D eigenvalue weighted by atomic mass is 16.6. The lowest BCUT2D eigenvalue weighted by molar-refractivity contribution is -0.386. The Balaban J connectivity index is 2.45. The maximum Gasteiger partial charge on any atom is 0.315 e. The number of nitro groups is 1. The molecule has 1 N–H and O–H groups in total. The zero-order valence-corrected chi connectivity index (χ0v) is 12.5. The summed E-state index contributed by atoms with van der Waals surface area (Å²) >= 11 is 0. The van der Waals surface area contributed by atoms with Crippen LogP contribution in [0.3, 0.4) is 0 Å². The van der Waals surface area contributed by atoms with E-state index >= 15 is 0 Å². The van der Waals surface area contributed by atoms with Crippen LogP contribution in [0.4, 0.5) is 11.4 Å². The first kappa shape index (κ1) is 15.5. The number of hydrogen-bond donors (Lipinski definition) is 1. The number of aliphatic imine (C=N–C) groups is 1. The molecule has 6 heteroatoms. The van der Waals surface area contributed by atoms with Crippen molar-refractivity contribution >= 4 is 17.6 Å². The fourth-order valence-electron chi connectivity index (χ4n) is 2.00. The van der Waals surface area contributed by atoms with Gasteiger partial charge in [0.2, 0.25) is 5.75 Å². The summed E-state index contributed by atoms with van der Waals surface area (Å²) in [7, 11) is 1.34. The molecule has 0 amide bonds. The maximum absolute atomic E-state index is 11.0. The average Bonchev–Trinajstić information content (AvgIpc) is 2.49. The summed E-state index contributed by atoms with van der Waals surface area (Å²) in [5.41, 5.74) is 3.00. The number of aryl methyl sites for hydroxylation is 1. The van der Waals surface area contributed by atoms with E-state index in [2.05, 4.69) is 4.99 Å². The standard InChI is InChI=1S/C16H16N2O4/c1-10-5-4-6-13(11(10)2)17-9-12-7-14(18(20)21)16(19)15(8-12)22-3/h4-9,19H,1-3H3. The van der Waals surface area contributed by atoms with E-state index in [4.69, 9.17) is 4.74 Å². The number of methoxy groups -OCH3 is 1. The smallest absolute Gasteiger partial charge is 0.315 e. The van der Waals surface area contributed by atoms with E-state index in [1.165, 1.54) is 25.5 Å². The molecular weight excluding hydrogens is 284 g/mol. The highest BCUT2D eigenvalue weighted by Crippen LogP contribution is 2.36. The summed E-state index contributed by atoms with van der Waals surface area (Å²) in [6.07, 6.45) is 1.51. The van der Waals surface area contributed by atoms with Gasteiger partial charge in [0.1, 0.15) is 0 Å². The van der Waals surface area contributed by atoms with Crippen LogP contribution in [0.1, 0.15) is 16.7 Å². The minimum Gasteiger partial charge on any atom is -0.500 e. The van der Waals surface area contributed by atoms with E-state index in [1.54, 1.807) is 0 Å². The Labute approximate surface area is 127 Å². The first-order valence-electron chi connectivity index (χ1n) is 6.59. The molecule has 0 spiro atoms. The number of phenols is 1. The van der Waals surface area contributed by atoms with E-state index < -0.39 is 16.4 Å². The lowest BCUT2D eigenvalue weighted by Crippen LogP contribution is -1.94. The van der Waals surface area contributed by atoms with Crippen LogP contribution in [0.2, 0.25) is 0 Å². The van der Waals surface area contributed by atoms with E-state index in [1.807, 2.05) is 32.0 Å². The SMILES string of the molecule is COc1cc(C=Nc2cccc(C)c2C)cc([N+](=O)[O-])c1O. The molecule has 0 aliphatic heterocycles. The molecule has 0 radical (unpaired) electrons. The number of nitrogens with zero attached hydrogens (tertiary/aromatic N) is 2. The summed E-state index contributed by atoms with van der Waals surface area (Å²) in [5, 5.41) is 20.7. The van der Waals surface area contributed by atoms with Crippen LogP contribution in [0, 0.1) is 24.0 Å². The number of aromatic hydroxyl groups is 1. The molecule has 0 aromatic heterocycles. The van der Waals surface area contributed by atoms with Gasteiger partial charge in [0, 0.05) is 17.8 Å². The summed E-state index contributed by atoms with van der Waals surface area (Å²) in [5.74, 6) is -0.451.